The van der Waals surface area contributed by atoms with Gasteiger partial charge in [-0.3, -0.25) is 0 Å². The van der Waals surface area contributed by atoms with Gasteiger partial charge in [0.15, 0.2) is 0 Å². The summed E-state index contributed by atoms with van der Waals surface area (Å²) in [6.45, 7) is 0. The van der Waals surface area contributed by atoms with Gasteiger partial charge in [0.05, 0.1) is 25.9 Å². The standard InChI is InChI=1S/C44H26O2/c1-2-13-28(14-3-1)39-25-36-40(45-39)26-37(43-35-20-10-11-21-38(35)46-44(36)43)42-33-18-8-6-16-31(33)41(32-17-7-9-19-34(32)42)30-23-22-27-12-4-5-15-29(27)24-30/h1-26H/i4D,5D,6D,7D,8D,9D,12D,15D,16D,17D,18D,19D,22D,23D,24D. The minimum Gasteiger partial charge on any atom is -0.456 e. The fraction of sp³-hybridized carbons (Fsp3) is 0. The maximum atomic E-state index is 9.52. The van der Waals surface area contributed by atoms with E-state index in [0.717, 1.165) is 5.56 Å². The Bertz CT molecular complexity index is 3570. The predicted octanol–water partition coefficient (Wildman–Crippen LogP) is 12.8. The molecule has 0 fully saturated rings. The minimum atomic E-state index is -0.758. The Kier molecular flexibility index (Phi) is 3.11. The predicted molar refractivity (Wildman–Crippen MR) is 192 cm³/mol. The van der Waals surface area contributed by atoms with E-state index >= 15 is 0 Å². The first-order chi connectivity index (χ1) is 29.1. The molecule has 10 rings (SSSR count). The van der Waals surface area contributed by atoms with Crippen molar-refractivity contribution in [1.29, 1.82) is 0 Å². The van der Waals surface area contributed by atoms with Crippen molar-refractivity contribution in [2.24, 2.45) is 0 Å². The molecule has 46 heavy (non-hydrogen) atoms. The molecule has 2 heteroatoms. The van der Waals surface area contributed by atoms with Crippen LogP contribution in [0.2, 0.25) is 0 Å². The van der Waals surface area contributed by atoms with Gasteiger partial charge in [-0.05, 0) is 78.8 Å². The Labute approximate surface area is 285 Å². The van der Waals surface area contributed by atoms with Gasteiger partial charge in [0.2, 0.25) is 0 Å². The number of hydrogen-bond acceptors (Lipinski definition) is 2. The number of para-hydroxylation sites is 1. The summed E-state index contributed by atoms with van der Waals surface area (Å²) < 4.78 is 148. The molecule has 0 aliphatic rings. The number of rotatable bonds is 3. The van der Waals surface area contributed by atoms with Gasteiger partial charge in [-0.25, -0.2) is 0 Å². The average molecular weight is 602 g/mol. The lowest BCUT2D eigenvalue weighted by atomic mass is 9.84. The van der Waals surface area contributed by atoms with Crippen LogP contribution >= 0.6 is 0 Å². The van der Waals surface area contributed by atoms with Crippen molar-refractivity contribution in [3.8, 4) is 33.6 Å². The van der Waals surface area contributed by atoms with E-state index in [1.54, 1.807) is 30.3 Å². The lowest BCUT2D eigenvalue weighted by Crippen LogP contribution is -1.91. The summed E-state index contributed by atoms with van der Waals surface area (Å²) in [6, 6.07) is 9.49. The van der Waals surface area contributed by atoms with Gasteiger partial charge in [-0.2, -0.15) is 0 Å². The Morgan fingerprint density at radius 2 is 1.11 bits per heavy atom. The lowest BCUT2D eigenvalue weighted by molar-refractivity contribution is 0.631. The van der Waals surface area contributed by atoms with Crippen molar-refractivity contribution in [1.82, 2.24) is 0 Å². The van der Waals surface area contributed by atoms with Crippen LogP contribution in [0.5, 0.6) is 0 Å². The van der Waals surface area contributed by atoms with Crippen LogP contribution in [-0.4, -0.2) is 0 Å². The molecule has 2 nitrogen and oxygen atoms in total. The Morgan fingerprint density at radius 3 is 1.87 bits per heavy atom. The van der Waals surface area contributed by atoms with Gasteiger partial charge in [-0.15, -0.1) is 0 Å². The number of benzene rings is 8. The molecule has 0 spiro atoms. The van der Waals surface area contributed by atoms with Crippen LogP contribution in [0.25, 0.3) is 98.8 Å². The summed E-state index contributed by atoms with van der Waals surface area (Å²) in [4.78, 5) is 0. The summed E-state index contributed by atoms with van der Waals surface area (Å²) in [5, 5.41) is -0.447. The molecule has 0 aliphatic heterocycles. The van der Waals surface area contributed by atoms with Crippen molar-refractivity contribution < 1.29 is 29.4 Å². The van der Waals surface area contributed by atoms with E-state index in [0.29, 0.717) is 33.1 Å². The summed E-state index contributed by atoms with van der Waals surface area (Å²) in [5.74, 6) is 0.481. The Balaban J connectivity index is 1.52. The third-order valence-electron chi connectivity index (χ3n) is 8.35. The molecular formula is C44H26O2. The largest absolute Gasteiger partial charge is 0.456 e. The van der Waals surface area contributed by atoms with Crippen LogP contribution in [-0.2, 0) is 0 Å². The smallest absolute Gasteiger partial charge is 0.147 e. The van der Waals surface area contributed by atoms with E-state index in [2.05, 4.69) is 0 Å². The molecule has 2 aromatic heterocycles. The maximum Gasteiger partial charge on any atom is 0.147 e. The van der Waals surface area contributed by atoms with E-state index in [-0.39, 0.29) is 38.3 Å². The van der Waals surface area contributed by atoms with Gasteiger partial charge in [0, 0.05) is 16.3 Å². The molecule has 0 saturated heterocycles. The van der Waals surface area contributed by atoms with Crippen LogP contribution in [0, 0.1) is 0 Å². The second-order valence-corrected chi connectivity index (χ2v) is 10.9. The summed E-state index contributed by atoms with van der Waals surface area (Å²) in [5.41, 5.74) is 1.08. The minimum absolute atomic E-state index is 0.0456. The van der Waals surface area contributed by atoms with Crippen LogP contribution < -0.4 is 0 Å². The first-order valence-electron chi connectivity index (χ1n) is 22.0. The molecule has 10 aromatic rings. The first kappa shape index (κ1) is 14.8. The van der Waals surface area contributed by atoms with Crippen molar-refractivity contribution in [2.75, 3.05) is 0 Å². The number of furan rings is 2. The SMILES string of the molecule is [2H]c1c([2H])c([2H])c2c([2H])c(-c3c4c([2H])c([2H])c([2H])c([2H])c4c(-c4cc5oc(-c6ccccc6)cc5c5oc6ccccc6c45)c4c([2H])c([2H])c([2H])c([2H])c34)c([2H])c([2H])c2c1[2H]. The van der Waals surface area contributed by atoms with Gasteiger partial charge < -0.3 is 8.83 Å². The Hall–Kier alpha value is -6.12. The molecule has 0 atom stereocenters. The van der Waals surface area contributed by atoms with Crippen molar-refractivity contribution in [3.63, 3.8) is 0 Å². The topological polar surface area (TPSA) is 26.3 Å². The number of fused-ring (bicyclic) bond motifs is 8. The first-order valence-corrected chi connectivity index (χ1v) is 14.5. The molecule has 214 valence electrons. The van der Waals surface area contributed by atoms with Crippen molar-refractivity contribution in [3.05, 3.63) is 157 Å². The summed E-state index contributed by atoms with van der Waals surface area (Å²) in [7, 11) is 0. The van der Waals surface area contributed by atoms with Crippen molar-refractivity contribution in [2.45, 2.75) is 0 Å². The zero-order chi connectivity index (χ0) is 43.2. The molecule has 0 N–H and O–H groups in total. The average Bonchev–Trinajstić information content (AvgIpc) is 3.88. The van der Waals surface area contributed by atoms with E-state index in [9.17, 15) is 8.22 Å². The Morgan fingerprint density at radius 1 is 0.457 bits per heavy atom. The van der Waals surface area contributed by atoms with Crippen LogP contribution in [0.4, 0.5) is 0 Å². The highest BCUT2D eigenvalue weighted by atomic mass is 16.3. The van der Waals surface area contributed by atoms with Gasteiger partial charge >= 0.3 is 0 Å². The second-order valence-electron chi connectivity index (χ2n) is 10.9. The molecule has 0 aliphatic carbocycles. The van der Waals surface area contributed by atoms with Gasteiger partial charge in [-0.1, -0.05) is 133 Å². The molecule has 0 bridgehead atoms. The van der Waals surface area contributed by atoms with Crippen LogP contribution in [0.15, 0.2) is 166 Å². The zero-order valence-corrected chi connectivity index (χ0v) is 23.7. The fourth-order valence-corrected chi connectivity index (χ4v) is 6.39. The van der Waals surface area contributed by atoms with Crippen LogP contribution in [0.3, 0.4) is 0 Å². The second kappa shape index (κ2) is 9.69. The molecule has 8 aromatic carbocycles. The fourth-order valence-electron chi connectivity index (χ4n) is 6.39. The van der Waals surface area contributed by atoms with Gasteiger partial charge in [0.1, 0.15) is 22.5 Å². The monoisotopic (exact) mass is 601 g/mol. The molecule has 0 saturated carbocycles. The van der Waals surface area contributed by atoms with Crippen molar-refractivity contribution >= 4 is 65.2 Å². The summed E-state index contributed by atoms with van der Waals surface area (Å²) >= 11 is 0. The quantitative estimate of drug-likeness (QED) is 0.188. The van der Waals surface area contributed by atoms with E-state index in [1.165, 1.54) is 0 Å². The number of hydrogen-bond donors (Lipinski definition) is 0. The zero-order valence-electron chi connectivity index (χ0n) is 38.7. The van der Waals surface area contributed by atoms with E-state index in [1.807, 2.05) is 36.4 Å². The molecule has 0 radical (unpaired) electrons. The highest BCUT2D eigenvalue weighted by Gasteiger charge is 2.23. The van der Waals surface area contributed by atoms with Crippen LogP contribution in [0.1, 0.15) is 20.6 Å². The normalized spacial score (nSPS) is 16.5. The third-order valence-corrected chi connectivity index (χ3v) is 8.35. The lowest BCUT2D eigenvalue weighted by Gasteiger charge is -2.18. The highest BCUT2D eigenvalue weighted by Crippen LogP contribution is 2.49. The molecule has 0 amide bonds. The maximum absolute atomic E-state index is 9.52. The summed E-state index contributed by atoms with van der Waals surface area (Å²) in [6.07, 6.45) is 0. The third kappa shape index (κ3) is 3.65. The van der Waals surface area contributed by atoms with E-state index < -0.39 is 113 Å². The molecular weight excluding hydrogens is 560 g/mol. The molecule has 2 heterocycles. The molecule has 0 unspecified atom stereocenters. The van der Waals surface area contributed by atoms with Gasteiger partial charge in [0.25, 0.3) is 0 Å². The highest BCUT2D eigenvalue weighted by molar-refractivity contribution is 6.28. The van der Waals surface area contributed by atoms with E-state index in [4.69, 9.17) is 21.2 Å².